The second-order valence-corrected chi connectivity index (χ2v) is 6.51. The molecule has 0 fully saturated rings. The highest BCUT2D eigenvalue weighted by Crippen LogP contribution is 2.33. The molecule has 0 bridgehead atoms. The Bertz CT molecular complexity index is 732. The largest absolute Gasteiger partial charge is 0.397 e. The number of nitrogens with two attached hydrogens (primary N) is 1. The minimum absolute atomic E-state index is 0.0831. The summed E-state index contributed by atoms with van der Waals surface area (Å²) in [4.78, 5) is 14.1. The smallest absolute Gasteiger partial charge is 0.263 e. The van der Waals surface area contributed by atoms with Crippen LogP contribution in [-0.2, 0) is 6.42 Å². The number of amides is 1. The molecule has 20 heavy (non-hydrogen) atoms. The van der Waals surface area contributed by atoms with Crippen LogP contribution in [-0.4, -0.2) is 12.5 Å². The lowest BCUT2D eigenvalue weighted by molar-refractivity contribution is 0.0959. The average molecular weight is 302 g/mol. The van der Waals surface area contributed by atoms with Crippen LogP contribution in [0.15, 0.2) is 41.8 Å². The first kappa shape index (κ1) is 13.1. The topological polar surface area (TPSA) is 55.1 Å². The number of carbonyl (C=O) groups excluding carboxylic acids is 1. The zero-order valence-corrected chi connectivity index (χ0v) is 12.4. The predicted molar refractivity (Wildman–Crippen MR) is 86.6 cm³/mol. The molecule has 0 saturated carbocycles. The number of anilines is 1. The van der Waals surface area contributed by atoms with Gasteiger partial charge in [0.15, 0.2) is 0 Å². The molecule has 3 nitrogen and oxygen atoms in total. The first-order valence-corrected chi connectivity index (χ1v) is 8.03. The van der Waals surface area contributed by atoms with Crippen molar-refractivity contribution < 1.29 is 4.79 Å². The van der Waals surface area contributed by atoms with Crippen LogP contribution >= 0.6 is 22.7 Å². The third-order valence-electron chi connectivity index (χ3n) is 3.08. The van der Waals surface area contributed by atoms with Gasteiger partial charge in [-0.2, -0.15) is 0 Å². The van der Waals surface area contributed by atoms with Gasteiger partial charge in [-0.25, -0.2) is 0 Å². The lowest BCUT2D eigenvalue weighted by Gasteiger charge is -2.03. The summed E-state index contributed by atoms with van der Waals surface area (Å²) in [5, 5.41) is 5.94. The van der Waals surface area contributed by atoms with Crippen molar-refractivity contribution in [1.82, 2.24) is 5.32 Å². The molecule has 3 rings (SSSR count). The summed E-state index contributed by atoms with van der Waals surface area (Å²) < 4.78 is 1.05. The minimum Gasteiger partial charge on any atom is -0.397 e. The Morgan fingerprint density at radius 1 is 1.20 bits per heavy atom. The fourth-order valence-electron chi connectivity index (χ4n) is 2.07. The molecule has 0 atom stereocenters. The van der Waals surface area contributed by atoms with Crippen molar-refractivity contribution in [2.45, 2.75) is 6.42 Å². The highest BCUT2D eigenvalue weighted by atomic mass is 32.1. The van der Waals surface area contributed by atoms with Gasteiger partial charge in [0.05, 0.1) is 5.69 Å². The van der Waals surface area contributed by atoms with Gasteiger partial charge in [-0.15, -0.1) is 22.7 Å². The second-order valence-electron chi connectivity index (χ2n) is 4.43. The molecule has 2 heterocycles. The van der Waals surface area contributed by atoms with Gasteiger partial charge in [0.2, 0.25) is 0 Å². The highest BCUT2D eigenvalue weighted by molar-refractivity contribution is 7.21. The van der Waals surface area contributed by atoms with Gasteiger partial charge in [-0.3, -0.25) is 4.79 Å². The van der Waals surface area contributed by atoms with E-state index in [1.807, 2.05) is 35.7 Å². The van der Waals surface area contributed by atoms with Gasteiger partial charge in [0, 0.05) is 21.5 Å². The molecule has 3 aromatic rings. The maximum absolute atomic E-state index is 12.2. The number of carbonyl (C=O) groups is 1. The number of thiophene rings is 2. The third kappa shape index (κ3) is 2.55. The molecule has 0 radical (unpaired) electrons. The van der Waals surface area contributed by atoms with Crippen LogP contribution in [0.25, 0.3) is 10.1 Å². The van der Waals surface area contributed by atoms with Gasteiger partial charge in [0.1, 0.15) is 4.88 Å². The summed E-state index contributed by atoms with van der Waals surface area (Å²) >= 11 is 3.15. The van der Waals surface area contributed by atoms with Gasteiger partial charge < -0.3 is 11.1 Å². The van der Waals surface area contributed by atoms with E-state index in [1.54, 1.807) is 11.3 Å². The van der Waals surface area contributed by atoms with Crippen molar-refractivity contribution in [3.63, 3.8) is 0 Å². The van der Waals surface area contributed by atoms with E-state index >= 15 is 0 Å². The normalized spacial score (nSPS) is 10.8. The summed E-state index contributed by atoms with van der Waals surface area (Å²) in [5.41, 5.74) is 6.64. The van der Waals surface area contributed by atoms with Crippen LogP contribution < -0.4 is 11.1 Å². The van der Waals surface area contributed by atoms with Crippen molar-refractivity contribution in [3.05, 3.63) is 51.5 Å². The first-order valence-electron chi connectivity index (χ1n) is 6.33. The van der Waals surface area contributed by atoms with Crippen molar-refractivity contribution >= 4 is 44.4 Å². The quantitative estimate of drug-likeness (QED) is 0.775. The molecule has 102 valence electrons. The first-order chi connectivity index (χ1) is 9.75. The van der Waals surface area contributed by atoms with Gasteiger partial charge in [0.25, 0.3) is 5.91 Å². The minimum atomic E-state index is -0.0831. The standard InChI is InChI=1S/C15H14N2OS2/c16-13-11-5-1-2-6-12(11)20-14(13)15(18)17-8-7-10-4-3-9-19-10/h1-6,9H,7-8,16H2,(H,17,18). The van der Waals surface area contributed by atoms with Crippen molar-refractivity contribution in [2.75, 3.05) is 12.3 Å². The second kappa shape index (κ2) is 5.64. The van der Waals surface area contributed by atoms with E-state index < -0.39 is 0 Å². The Morgan fingerprint density at radius 3 is 2.80 bits per heavy atom. The summed E-state index contributed by atoms with van der Waals surface area (Å²) in [7, 11) is 0. The number of hydrogen-bond donors (Lipinski definition) is 2. The van der Waals surface area contributed by atoms with Gasteiger partial charge >= 0.3 is 0 Å². The molecule has 0 aliphatic rings. The zero-order valence-electron chi connectivity index (χ0n) is 10.8. The lowest BCUT2D eigenvalue weighted by atomic mass is 10.2. The number of rotatable bonds is 4. The average Bonchev–Trinajstić information content (AvgIpc) is 3.08. The van der Waals surface area contributed by atoms with E-state index in [4.69, 9.17) is 5.73 Å². The van der Waals surface area contributed by atoms with Crippen LogP contribution in [0.2, 0.25) is 0 Å². The molecule has 3 N–H and O–H groups in total. The number of nitrogens with one attached hydrogen (secondary N) is 1. The Morgan fingerprint density at radius 2 is 2.05 bits per heavy atom. The van der Waals surface area contributed by atoms with E-state index in [-0.39, 0.29) is 5.91 Å². The van der Waals surface area contributed by atoms with Gasteiger partial charge in [-0.05, 0) is 23.9 Å². The fraction of sp³-hybridized carbons (Fsp3) is 0.133. The Kier molecular flexibility index (Phi) is 3.71. The van der Waals surface area contributed by atoms with Crippen LogP contribution in [0.5, 0.6) is 0 Å². The van der Waals surface area contributed by atoms with E-state index in [2.05, 4.69) is 11.4 Å². The zero-order chi connectivity index (χ0) is 13.9. The molecule has 1 aromatic carbocycles. The van der Waals surface area contributed by atoms with E-state index in [0.29, 0.717) is 17.1 Å². The molecular formula is C15H14N2OS2. The summed E-state index contributed by atoms with van der Waals surface area (Å²) in [6.45, 7) is 0.632. The molecule has 0 aliphatic carbocycles. The summed E-state index contributed by atoms with van der Waals surface area (Å²) in [5.74, 6) is -0.0831. The van der Waals surface area contributed by atoms with Crippen molar-refractivity contribution in [2.24, 2.45) is 0 Å². The SMILES string of the molecule is Nc1c(C(=O)NCCc2cccs2)sc2ccccc12. The molecule has 0 unspecified atom stereocenters. The van der Waals surface area contributed by atoms with Crippen molar-refractivity contribution in [3.8, 4) is 0 Å². The van der Waals surface area contributed by atoms with Crippen LogP contribution in [0.4, 0.5) is 5.69 Å². The summed E-state index contributed by atoms with van der Waals surface area (Å²) in [6, 6.07) is 11.9. The molecule has 2 aromatic heterocycles. The van der Waals surface area contributed by atoms with Crippen LogP contribution in [0, 0.1) is 0 Å². The number of nitrogen functional groups attached to an aromatic ring is 1. The third-order valence-corrected chi connectivity index (χ3v) is 5.20. The van der Waals surface area contributed by atoms with Crippen LogP contribution in [0.1, 0.15) is 14.5 Å². The molecule has 0 aliphatic heterocycles. The molecule has 0 saturated heterocycles. The number of fused-ring (bicyclic) bond motifs is 1. The molecular weight excluding hydrogens is 288 g/mol. The number of benzene rings is 1. The van der Waals surface area contributed by atoms with Gasteiger partial charge in [-0.1, -0.05) is 24.3 Å². The highest BCUT2D eigenvalue weighted by Gasteiger charge is 2.15. The van der Waals surface area contributed by atoms with Crippen molar-refractivity contribution in [1.29, 1.82) is 0 Å². The molecule has 1 amide bonds. The maximum Gasteiger partial charge on any atom is 0.263 e. The van der Waals surface area contributed by atoms with E-state index in [0.717, 1.165) is 16.5 Å². The summed E-state index contributed by atoms with van der Waals surface area (Å²) in [6.07, 6.45) is 0.855. The fourth-order valence-corrected chi connectivity index (χ4v) is 3.82. The Labute approximate surface area is 125 Å². The Balaban J connectivity index is 1.71. The van der Waals surface area contributed by atoms with Crippen LogP contribution in [0.3, 0.4) is 0 Å². The number of hydrogen-bond acceptors (Lipinski definition) is 4. The molecule has 0 spiro atoms. The maximum atomic E-state index is 12.2. The molecule has 5 heteroatoms. The van der Waals surface area contributed by atoms with E-state index in [9.17, 15) is 4.79 Å². The monoisotopic (exact) mass is 302 g/mol. The predicted octanol–water partition coefficient (Wildman–Crippen LogP) is 3.52. The Hall–Kier alpha value is -1.85. The lowest BCUT2D eigenvalue weighted by Crippen LogP contribution is -2.25. The van der Waals surface area contributed by atoms with E-state index in [1.165, 1.54) is 16.2 Å².